The van der Waals surface area contributed by atoms with E-state index >= 15 is 0 Å². The molecule has 0 aliphatic carbocycles. The summed E-state index contributed by atoms with van der Waals surface area (Å²) in [6.07, 6.45) is 31.5. The van der Waals surface area contributed by atoms with Gasteiger partial charge in [0.15, 0.2) is 0 Å². The molecule has 0 saturated heterocycles. The molecule has 0 rings (SSSR count). The van der Waals surface area contributed by atoms with Crippen molar-refractivity contribution < 1.29 is 51.9 Å². The first-order valence-electron chi connectivity index (χ1n) is 20.1. The minimum atomic E-state index is -3.88. The fourth-order valence-electron chi connectivity index (χ4n) is 6.50. The molecule has 0 aromatic carbocycles. The van der Waals surface area contributed by atoms with Crippen molar-refractivity contribution >= 4 is 56.3 Å². The van der Waals surface area contributed by atoms with Crippen LogP contribution in [-0.2, 0) is 40.5 Å². The zero-order valence-electron chi connectivity index (χ0n) is 32.3. The Labute approximate surface area is 327 Å². The first-order chi connectivity index (χ1) is 24.9. The highest BCUT2D eigenvalue weighted by molar-refractivity contribution is 7.86. The lowest BCUT2D eigenvalue weighted by Gasteiger charge is -2.22. The molecule has 0 aliphatic rings. The first kappa shape index (κ1) is 53.5. The fourth-order valence-corrected chi connectivity index (χ4v) is 14.3. The van der Waals surface area contributed by atoms with Crippen molar-refractivity contribution in [2.45, 2.75) is 161 Å². The van der Waals surface area contributed by atoms with Gasteiger partial charge in [-0.3, -0.25) is 18.2 Å². The van der Waals surface area contributed by atoms with E-state index in [1.54, 1.807) is 0 Å². The smallest absolute Gasteiger partial charge is 0.264 e. The summed E-state index contributed by atoms with van der Waals surface area (Å²) < 4.78 is 123. The Morgan fingerprint density at radius 2 is 0.377 bits per heavy atom. The summed E-state index contributed by atoms with van der Waals surface area (Å²) in [5, 5.41) is 0. The molecule has 0 bridgehead atoms. The van der Waals surface area contributed by atoms with Gasteiger partial charge in [-0.25, -0.2) is 0 Å². The Morgan fingerprint density at radius 3 is 0.566 bits per heavy atom. The summed E-state index contributed by atoms with van der Waals surface area (Å²) in [5.74, 6) is -0.664. The van der Waals surface area contributed by atoms with Gasteiger partial charge in [-0.15, -0.1) is 15.8 Å². The van der Waals surface area contributed by atoms with Gasteiger partial charge in [0.25, 0.3) is 40.5 Å². The van der Waals surface area contributed by atoms with E-state index in [9.17, 15) is 33.7 Å². The van der Waals surface area contributed by atoms with Crippen LogP contribution >= 0.6 is 15.8 Å². The lowest BCUT2D eigenvalue weighted by atomic mass is 10.1. The quantitative estimate of drug-likeness (QED) is 0.0257. The van der Waals surface area contributed by atoms with Crippen LogP contribution in [0.15, 0.2) is 0 Å². The molecule has 0 spiro atoms. The third kappa shape index (κ3) is 45.1. The Kier molecular flexibility index (Phi) is 32.8. The van der Waals surface area contributed by atoms with E-state index in [1.807, 2.05) is 0 Å². The maximum Gasteiger partial charge on any atom is 0.264 e. The summed E-state index contributed by atoms with van der Waals surface area (Å²) in [4.78, 5) is 0. The molecule has 0 saturated carbocycles. The van der Waals surface area contributed by atoms with Crippen LogP contribution in [0.4, 0.5) is 0 Å². The van der Waals surface area contributed by atoms with E-state index in [1.165, 1.54) is 69.1 Å². The standard InChI is InChI=1S/C35H74O12P2S4/c36-50(37,38)32-21-13-5-1-9-17-26-48(27-18-10-2-6-14-22-33-51(39,40)41)30-25-31-49(28-19-11-3-7-15-23-34-52(42,43)44)29-20-12-4-8-16-24-35-53(45,46)47/h1-35H2,(H,36,37,38)(H,39,40,41)(H,42,43,44)(H,45,46,47). The second-order valence-electron chi connectivity index (χ2n) is 14.7. The molecule has 0 unspecified atom stereocenters. The predicted octanol–water partition coefficient (Wildman–Crippen LogP) is 9.25. The minimum absolute atomic E-state index is 0.0792. The summed E-state index contributed by atoms with van der Waals surface area (Å²) in [7, 11) is -15.7. The van der Waals surface area contributed by atoms with Gasteiger partial charge in [-0.1, -0.05) is 103 Å². The van der Waals surface area contributed by atoms with Crippen molar-refractivity contribution in [3.8, 4) is 0 Å². The minimum Gasteiger partial charge on any atom is -0.286 e. The van der Waals surface area contributed by atoms with E-state index in [4.69, 9.17) is 18.2 Å². The molecular formula is C35H74O12P2S4. The largest absolute Gasteiger partial charge is 0.286 e. The number of hydrogen-bond acceptors (Lipinski definition) is 8. The van der Waals surface area contributed by atoms with Crippen molar-refractivity contribution in [3.63, 3.8) is 0 Å². The van der Waals surface area contributed by atoms with Crippen molar-refractivity contribution in [2.24, 2.45) is 0 Å². The van der Waals surface area contributed by atoms with Crippen LogP contribution in [0.5, 0.6) is 0 Å². The van der Waals surface area contributed by atoms with Gasteiger partial charge in [0.2, 0.25) is 0 Å². The van der Waals surface area contributed by atoms with E-state index in [0.29, 0.717) is 25.7 Å². The zero-order valence-corrected chi connectivity index (χ0v) is 37.4. The molecule has 0 fully saturated rings. The Morgan fingerprint density at radius 1 is 0.226 bits per heavy atom. The van der Waals surface area contributed by atoms with Crippen LogP contribution < -0.4 is 0 Å². The molecule has 0 amide bonds. The number of hydrogen-bond donors (Lipinski definition) is 4. The Hall–Kier alpha value is 0.500. The van der Waals surface area contributed by atoms with Crippen molar-refractivity contribution in [3.05, 3.63) is 0 Å². The molecule has 0 aromatic heterocycles. The van der Waals surface area contributed by atoms with Gasteiger partial charge in [-0.2, -0.15) is 33.7 Å². The van der Waals surface area contributed by atoms with E-state index in [-0.39, 0.29) is 38.9 Å². The summed E-state index contributed by atoms with van der Waals surface area (Å²) in [6.45, 7) is 0. The molecule has 0 heterocycles. The summed E-state index contributed by atoms with van der Waals surface area (Å²) >= 11 is 0. The van der Waals surface area contributed by atoms with Crippen molar-refractivity contribution in [1.82, 2.24) is 0 Å². The Balaban J connectivity index is 4.83. The monoisotopic (exact) mass is 876 g/mol. The predicted molar refractivity (Wildman–Crippen MR) is 224 cm³/mol. The van der Waals surface area contributed by atoms with E-state index in [0.717, 1.165) is 103 Å². The van der Waals surface area contributed by atoms with Crippen LogP contribution in [0.25, 0.3) is 0 Å². The lowest BCUT2D eigenvalue weighted by molar-refractivity contribution is 0.476. The van der Waals surface area contributed by atoms with E-state index < -0.39 is 40.5 Å². The average molecular weight is 877 g/mol. The SMILES string of the molecule is O=S(=O)(O)CCCCCCCCP(CCCCCCCCS(=O)(=O)O)CCCP(CCCCCCCCS(=O)(=O)O)CCCCCCCCS(=O)(=O)O. The first-order valence-corrected chi connectivity index (χ1v) is 30.3. The maximum absolute atomic E-state index is 10.9. The molecule has 0 aliphatic heterocycles. The number of rotatable bonds is 40. The molecule has 0 atom stereocenters. The second kappa shape index (κ2) is 32.5. The van der Waals surface area contributed by atoms with Crippen LogP contribution in [0.1, 0.15) is 161 Å². The van der Waals surface area contributed by atoms with Gasteiger partial charge in [-0.05, 0) is 94.8 Å². The van der Waals surface area contributed by atoms with Crippen LogP contribution in [-0.4, -0.2) is 112 Å². The van der Waals surface area contributed by atoms with Crippen molar-refractivity contribution in [2.75, 3.05) is 60.0 Å². The molecule has 53 heavy (non-hydrogen) atoms. The van der Waals surface area contributed by atoms with Gasteiger partial charge in [0.05, 0.1) is 23.0 Å². The topological polar surface area (TPSA) is 217 Å². The highest BCUT2D eigenvalue weighted by Gasteiger charge is 2.13. The average Bonchev–Trinajstić information content (AvgIpc) is 3.03. The van der Waals surface area contributed by atoms with Gasteiger partial charge in [0.1, 0.15) is 0 Å². The molecule has 12 nitrogen and oxygen atoms in total. The van der Waals surface area contributed by atoms with Crippen LogP contribution in [0.2, 0.25) is 0 Å². The molecular weight excluding hydrogens is 803 g/mol. The second-order valence-corrected chi connectivity index (χ2v) is 26.3. The molecule has 0 radical (unpaired) electrons. The highest BCUT2D eigenvalue weighted by atomic mass is 32.2. The van der Waals surface area contributed by atoms with Gasteiger partial charge >= 0.3 is 0 Å². The molecule has 320 valence electrons. The third-order valence-electron chi connectivity index (χ3n) is 9.46. The summed E-state index contributed by atoms with van der Waals surface area (Å²) in [6, 6.07) is 0. The fraction of sp³-hybridized carbons (Fsp3) is 1.00. The third-order valence-corrected chi connectivity index (χ3v) is 18.4. The van der Waals surface area contributed by atoms with Gasteiger partial charge < -0.3 is 0 Å². The number of unbranched alkanes of at least 4 members (excludes halogenated alkanes) is 20. The van der Waals surface area contributed by atoms with Crippen LogP contribution in [0, 0.1) is 0 Å². The normalized spacial score (nSPS) is 13.1. The lowest BCUT2D eigenvalue weighted by Crippen LogP contribution is -2.03. The maximum atomic E-state index is 10.9. The zero-order chi connectivity index (χ0) is 39.9. The van der Waals surface area contributed by atoms with E-state index in [2.05, 4.69) is 0 Å². The van der Waals surface area contributed by atoms with Crippen molar-refractivity contribution in [1.29, 1.82) is 0 Å². The molecule has 18 heteroatoms. The molecule has 0 aromatic rings. The van der Waals surface area contributed by atoms with Gasteiger partial charge in [0, 0.05) is 0 Å². The molecule has 4 N–H and O–H groups in total. The van der Waals surface area contributed by atoms with Crippen LogP contribution in [0.3, 0.4) is 0 Å². The summed E-state index contributed by atoms with van der Waals surface area (Å²) in [5.41, 5.74) is 0. The Bertz CT molecular complexity index is 1120. The highest BCUT2D eigenvalue weighted by Crippen LogP contribution is 2.43.